The summed E-state index contributed by atoms with van der Waals surface area (Å²) in [6, 6.07) is 11.5. The molecule has 2 rings (SSSR count). The van der Waals surface area contributed by atoms with Crippen molar-refractivity contribution in [1.82, 2.24) is 15.5 Å². The third kappa shape index (κ3) is 7.51. The maximum Gasteiger partial charge on any atom is 0.261 e. The first kappa shape index (κ1) is 22.7. The molecule has 26 heavy (non-hydrogen) atoms. The fourth-order valence-corrected chi connectivity index (χ4v) is 3.21. The summed E-state index contributed by atoms with van der Waals surface area (Å²) in [5.41, 5.74) is 1.13. The Morgan fingerprint density at radius 1 is 1.23 bits per heavy atom. The molecule has 0 aliphatic carbocycles. The third-order valence-corrected chi connectivity index (χ3v) is 4.65. The Kier molecular flexibility index (Phi) is 10.6. The maximum absolute atomic E-state index is 11.8. The molecule has 0 atom stereocenters. The van der Waals surface area contributed by atoms with Crippen LogP contribution < -0.4 is 10.6 Å². The first-order chi connectivity index (χ1) is 12.1. The summed E-state index contributed by atoms with van der Waals surface area (Å²) in [4.78, 5) is 18.9. The largest absolute Gasteiger partial charge is 0.356 e. The summed E-state index contributed by atoms with van der Waals surface area (Å²) in [5.74, 6) is 0.794. The van der Waals surface area contributed by atoms with Crippen LogP contribution in [0.15, 0.2) is 46.8 Å². The smallest absolute Gasteiger partial charge is 0.261 e. The van der Waals surface area contributed by atoms with Crippen molar-refractivity contribution >= 4 is 58.8 Å². The van der Waals surface area contributed by atoms with E-state index in [-0.39, 0.29) is 29.9 Å². The summed E-state index contributed by atoms with van der Waals surface area (Å²) in [5, 5.41) is 8.85. The lowest BCUT2D eigenvalue weighted by atomic mass is 10.2. The lowest BCUT2D eigenvalue weighted by Gasteiger charge is -2.22. The van der Waals surface area contributed by atoms with Crippen molar-refractivity contribution in [2.24, 2.45) is 4.99 Å². The number of carbonyl (C=O) groups is 1. The molecule has 142 valence electrons. The minimum atomic E-state index is -0.0162. The van der Waals surface area contributed by atoms with Crippen molar-refractivity contribution in [1.29, 1.82) is 0 Å². The molecule has 5 nitrogen and oxygen atoms in total. The van der Waals surface area contributed by atoms with Crippen molar-refractivity contribution < 1.29 is 4.79 Å². The van der Waals surface area contributed by atoms with Gasteiger partial charge in [-0.15, -0.1) is 35.3 Å². The molecule has 0 spiro atoms. The number of amides is 1. The molecule has 0 fully saturated rings. The van der Waals surface area contributed by atoms with E-state index in [1.54, 1.807) is 7.05 Å². The summed E-state index contributed by atoms with van der Waals surface area (Å²) >= 11 is 7.47. The van der Waals surface area contributed by atoms with Gasteiger partial charge in [0.2, 0.25) is 0 Å². The number of guanidine groups is 1. The van der Waals surface area contributed by atoms with Gasteiger partial charge >= 0.3 is 0 Å². The molecular weight excluding hydrogens is 483 g/mol. The fourth-order valence-electron chi connectivity index (χ4n) is 2.35. The summed E-state index contributed by atoms with van der Waals surface area (Å²) in [7, 11) is 3.74. The van der Waals surface area contributed by atoms with Crippen molar-refractivity contribution in [2.45, 2.75) is 13.0 Å². The number of halogens is 2. The van der Waals surface area contributed by atoms with Crippen LogP contribution >= 0.6 is 46.9 Å². The van der Waals surface area contributed by atoms with E-state index in [0.717, 1.165) is 40.9 Å². The van der Waals surface area contributed by atoms with Crippen molar-refractivity contribution in [3.8, 4) is 0 Å². The van der Waals surface area contributed by atoms with E-state index in [2.05, 4.69) is 15.6 Å². The van der Waals surface area contributed by atoms with E-state index >= 15 is 0 Å². The molecule has 0 saturated heterocycles. The molecule has 0 aliphatic heterocycles. The average molecular weight is 507 g/mol. The molecule has 0 aliphatic rings. The number of benzene rings is 1. The van der Waals surface area contributed by atoms with E-state index in [1.807, 2.05) is 53.7 Å². The highest BCUT2D eigenvalue weighted by atomic mass is 127. The van der Waals surface area contributed by atoms with Gasteiger partial charge < -0.3 is 15.5 Å². The molecule has 2 aromatic rings. The minimum absolute atomic E-state index is 0. The molecule has 0 saturated carbocycles. The number of rotatable bonds is 7. The highest BCUT2D eigenvalue weighted by Gasteiger charge is 2.07. The van der Waals surface area contributed by atoms with E-state index in [4.69, 9.17) is 11.6 Å². The van der Waals surface area contributed by atoms with E-state index in [1.165, 1.54) is 11.3 Å². The predicted molar refractivity (Wildman–Crippen MR) is 121 cm³/mol. The third-order valence-electron chi connectivity index (χ3n) is 3.55. The Labute approximate surface area is 180 Å². The van der Waals surface area contributed by atoms with Crippen LogP contribution in [0, 0.1) is 0 Å². The van der Waals surface area contributed by atoms with Crippen LogP contribution in [0.3, 0.4) is 0 Å². The molecule has 2 N–H and O–H groups in total. The number of hydrogen-bond acceptors (Lipinski definition) is 3. The number of thiophene rings is 1. The van der Waals surface area contributed by atoms with Crippen LogP contribution in [0.5, 0.6) is 0 Å². The van der Waals surface area contributed by atoms with Crippen molar-refractivity contribution in [2.75, 3.05) is 27.2 Å². The van der Waals surface area contributed by atoms with E-state index in [0.29, 0.717) is 6.54 Å². The van der Waals surface area contributed by atoms with Gasteiger partial charge in [0, 0.05) is 38.8 Å². The number of hydrogen-bond donors (Lipinski definition) is 2. The lowest BCUT2D eigenvalue weighted by Crippen LogP contribution is -2.39. The second-order valence-electron chi connectivity index (χ2n) is 5.55. The maximum atomic E-state index is 11.8. The molecule has 8 heteroatoms. The van der Waals surface area contributed by atoms with Gasteiger partial charge in [0.15, 0.2) is 5.96 Å². The van der Waals surface area contributed by atoms with Crippen LogP contribution in [-0.2, 0) is 6.54 Å². The molecule has 0 unspecified atom stereocenters. The Morgan fingerprint density at radius 2 is 2.00 bits per heavy atom. The van der Waals surface area contributed by atoms with Gasteiger partial charge in [0.05, 0.1) is 4.88 Å². The molecule has 0 bridgehead atoms. The number of aliphatic imine (C=N–C) groups is 1. The number of nitrogens with zero attached hydrogens (tertiary/aromatic N) is 2. The topological polar surface area (TPSA) is 56.7 Å². The summed E-state index contributed by atoms with van der Waals surface area (Å²) in [6.45, 7) is 2.07. The van der Waals surface area contributed by atoms with Gasteiger partial charge in [0.25, 0.3) is 5.91 Å². The summed E-state index contributed by atoms with van der Waals surface area (Å²) < 4.78 is 0. The standard InChI is InChI=1S/C18H23ClN4OS.HI/c1-20-18(23(2)13-14-6-3-7-15(19)12-14)22-10-5-9-21-17(24)16-8-4-11-25-16;/h3-4,6-8,11-12H,5,9-10,13H2,1-2H3,(H,20,22)(H,21,24);1H. The molecule has 1 heterocycles. The van der Waals surface area contributed by atoms with Gasteiger partial charge in [-0.2, -0.15) is 0 Å². The highest BCUT2D eigenvalue weighted by Crippen LogP contribution is 2.12. The van der Waals surface area contributed by atoms with Gasteiger partial charge in [-0.05, 0) is 35.6 Å². The highest BCUT2D eigenvalue weighted by molar-refractivity contribution is 14.0. The van der Waals surface area contributed by atoms with Crippen LogP contribution in [0.25, 0.3) is 0 Å². The normalized spacial score (nSPS) is 10.8. The number of carbonyl (C=O) groups excluding carboxylic acids is 1. The zero-order chi connectivity index (χ0) is 18.1. The van der Waals surface area contributed by atoms with Gasteiger partial charge in [0.1, 0.15) is 0 Å². The predicted octanol–water partition coefficient (Wildman–Crippen LogP) is 3.85. The van der Waals surface area contributed by atoms with Crippen molar-refractivity contribution in [3.63, 3.8) is 0 Å². The SMILES string of the molecule is CN=C(NCCCNC(=O)c1cccs1)N(C)Cc1cccc(Cl)c1.I. The monoisotopic (exact) mass is 506 g/mol. The zero-order valence-electron chi connectivity index (χ0n) is 14.9. The molecule has 1 aromatic heterocycles. The quantitative estimate of drug-likeness (QED) is 0.260. The molecule has 1 aromatic carbocycles. The Hall–Kier alpha value is -1.32. The molecule has 0 radical (unpaired) electrons. The second-order valence-corrected chi connectivity index (χ2v) is 6.93. The average Bonchev–Trinajstić information content (AvgIpc) is 3.12. The van der Waals surface area contributed by atoms with Gasteiger partial charge in [-0.3, -0.25) is 9.79 Å². The molecular formula is C18H24ClIN4OS. The minimum Gasteiger partial charge on any atom is -0.356 e. The fraction of sp³-hybridized carbons (Fsp3) is 0.333. The molecule has 1 amide bonds. The van der Waals surface area contributed by atoms with Gasteiger partial charge in [-0.1, -0.05) is 29.8 Å². The Morgan fingerprint density at radius 3 is 2.65 bits per heavy atom. The number of nitrogens with one attached hydrogen (secondary N) is 2. The van der Waals surface area contributed by atoms with Crippen LogP contribution in [0.4, 0.5) is 0 Å². The summed E-state index contributed by atoms with van der Waals surface area (Å²) in [6.07, 6.45) is 0.821. The van der Waals surface area contributed by atoms with Gasteiger partial charge in [-0.25, -0.2) is 0 Å². The van der Waals surface area contributed by atoms with Crippen LogP contribution in [-0.4, -0.2) is 44.0 Å². The first-order valence-corrected chi connectivity index (χ1v) is 9.34. The van der Waals surface area contributed by atoms with Crippen LogP contribution in [0.2, 0.25) is 5.02 Å². The van der Waals surface area contributed by atoms with E-state index in [9.17, 15) is 4.79 Å². The first-order valence-electron chi connectivity index (χ1n) is 8.08. The second kappa shape index (κ2) is 12.1. The van der Waals surface area contributed by atoms with Crippen molar-refractivity contribution in [3.05, 3.63) is 57.2 Å². The lowest BCUT2D eigenvalue weighted by molar-refractivity contribution is 0.0957. The Balaban J connectivity index is 0.00000338. The van der Waals surface area contributed by atoms with E-state index < -0.39 is 0 Å². The van der Waals surface area contributed by atoms with Crippen LogP contribution in [0.1, 0.15) is 21.7 Å². The zero-order valence-corrected chi connectivity index (χ0v) is 18.8. The Bertz CT molecular complexity index is 709.